The molecule has 1 N–H and O–H groups in total. The van der Waals surface area contributed by atoms with Crippen molar-refractivity contribution in [3.05, 3.63) is 30.1 Å². The molecule has 71 valence electrons. The highest BCUT2D eigenvalue weighted by Crippen LogP contribution is 2.37. The maximum absolute atomic E-state index is 13.4. The van der Waals surface area contributed by atoms with Crippen LogP contribution in [0.5, 0.6) is 0 Å². The van der Waals surface area contributed by atoms with Gasteiger partial charge in [-0.2, -0.15) is 8.78 Å². The molecule has 0 aromatic carbocycles. The average Bonchev–Trinajstić information content (AvgIpc) is 2.04. The van der Waals surface area contributed by atoms with Crippen LogP contribution in [0.3, 0.4) is 0 Å². The van der Waals surface area contributed by atoms with Crippen LogP contribution in [0.2, 0.25) is 0 Å². The Balaban J connectivity index is 3.08. The summed E-state index contributed by atoms with van der Waals surface area (Å²) in [6, 6.07) is 2.23. The minimum atomic E-state index is -3.29. The summed E-state index contributed by atoms with van der Waals surface area (Å²) in [6.45, 7) is 2.13. The van der Waals surface area contributed by atoms with E-state index in [1.807, 2.05) is 0 Å². The van der Waals surface area contributed by atoms with Gasteiger partial charge in [0.1, 0.15) is 5.60 Å². The highest BCUT2D eigenvalue weighted by atomic mass is 19.3. The van der Waals surface area contributed by atoms with Gasteiger partial charge in [-0.3, -0.25) is 4.98 Å². The molecule has 0 saturated heterocycles. The lowest BCUT2D eigenvalue weighted by Crippen LogP contribution is -2.40. The summed E-state index contributed by atoms with van der Waals surface area (Å²) in [6.07, 6.45) is 3.52. The fourth-order valence-electron chi connectivity index (χ4n) is 0.864. The molecule has 0 fully saturated rings. The smallest absolute Gasteiger partial charge is 0.300 e. The number of hydrogen-bond donors (Lipinski definition) is 1. The van der Waals surface area contributed by atoms with E-state index < -0.39 is 11.5 Å². The zero-order valence-corrected chi connectivity index (χ0v) is 7.38. The third kappa shape index (κ3) is 1.83. The summed E-state index contributed by atoms with van der Waals surface area (Å²) in [7, 11) is 0. The Morgan fingerprint density at radius 1 is 1.46 bits per heavy atom. The first-order chi connectivity index (χ1) is 5.86. The topological polar surface area (TPSA) is 33.1 Å². The van der Waals surface area contributed by atoms with E-state index in [1.165, 1.54) is 6.20 Å². The van der Waals surface area contributed by atoms with Crippen molar-refractivity contribution in [3.63, 3.8) is 0 Å². The van der Waals surface area contributed by atoms with E-state index in [4.69, 9.17) is 0 Å². The maximum atomic E-state index is 13.4. The van der Waals surface area contributed by atoms with Crippen LogP contribution in [0.25, 0.3) is 0 Å². The predicted molar refractivity (Wildman–Crippen MR) is 43.3 cm³/mol. The molecular formula is C9H10F2NO. The van der Waals surface area contributed by atoms with Gasteiger partial charge in [0.05, 0.1) is 6.20 Å². The van der Waals surface area contributed by atoms with Gasteiger partial charge in [-0.1, -0.05) is 0 Å². The number of pyridine rings is 1. The zero-order valence-electron chi connectivity index (χ0n) is 7.38. The average molecular weight is 186 g/mol. The monoisotopic (exact) mass is 186 g/mol. The summed E-state index contributed by atoms with van der Waals surface area (Å²) in [5, 5.41) is 9.21. The normalized spacial score (nSPS) is 13.0. The molecule has 1 rings (SSSR count). The summed E-state index contributed by atoms with van der Waals surface area (Å²) in [5.74, 6) is -3.29. The molecule has 4 heteroatoms. The Hall–Kier alpha value is -1.03. The van der Waals surface area contributed by atoms with E-state index in [0.717, 1.165) is 26.0 Å². The number of alkyl halides is 2. The van der Waals surface area contributed by atoms with E-state index in [-0.39, 0.29) is 5.56 Å². The van der Waals surface area contributed by atoms with Gasteiger partial charge in [-0.05, 0) is 26.0 Å². The van der Waals surface area contributed by atoms with Crippen molar-refractivity contribution in [3.8, 4) is 0 Å². The van der Waals surface area contributed by atoms with Gasteiger partial charge in [0, 0.05) is 11.8 Å². The second kappa shape index (κ2) is 3.03. The van der Waals surface area contributed by atoms with E-state index >= 15 is 0 Å². The quantitative estimate of drug-likeness (QED) is 0.763. The third-order valence-corrected chi connectivity index (χ3v) is 1.75. The molecule has 0 spiro atoms. The molecule has 0 bridgehead atoms. The van der Waals surface area contributed by atoms with Crippen molar-refractivity contribution in [2.24, 2.45) is 0 Å². The van der Waals surface area contributed by atoms with Crippen molar-refractivity contribution in [1.82, 2.24) is 4.98 Å². The molecule has 2 nitrogen and oxygen atoms in total. The van der Waals surface area contributed by atoms with Crippen LogP contribution in [0.1, 0.15) is 19.4 Å². The standard InChI is InChI=1S/C9H10F2NO/c1-8(2,13)9(10,11)7-3-5-12-6-4-7/h3-5,13H,1-2H3. The summed E-state index contributed by atoms with van der Waals surface area (Å²) in [4.78, 5) is 3.50. The SMILES string of the molecule is CC(C)(O)C(F)(F)c1c[c]ncc1. The Kier molecular flexibility index (Phi) is 2.34. The lowest BCUT2D eigenvalue weighted by Gasteiger charge is -2.28. The molecule has 1 radical (unpaired) electrons. The van der Waals surface area contributed by atoms with Crippen LogP contribution in [0, 0.1) is 6.20 Å². The molecule has 0 saturated carbocycles. The fraction of sp³-hybridized carbons (Fsp3) is 0.444. The molecule has 0 aliphatic heterocycles. The molecule has 1 aromatic heterocycles. The lowest BCUT2D eigenvalue weighted by molar-refractivity contribution is -0.168. The van der Waals surface area contributed by atoms with Crippen molar-refractivity contribution in [2.45, 2.75) is 25.4 Å². The van der Waals surface area contributed by atoms with Gasteiger partial charge in [0.25, 0.3) is 0 Å². The van der Waals surface area contributed by atoms with E-state index in [0.29, 0.717) is 0 Å². The van der Waals surface area contributed by atoms with Gasteiger partial charge in [0.15, 0.2) is 0 Å². The molecule has 0 aliphatic carbocycles. The number of hydrogen-bond acceptors (Lipinski definition) is 2. The van der Waals surface area contributed by atoms with Crippen molar-refractivity contribution in [2.75, 3.05) is 0 Å². The fourth-order valence-corrected chi connectivity index (χ4v) is 0.864. The summed E-state index contributed by atoms with van der Waals surface area (Å²) in [5.41, 5.74) is -2.36. The van der Waals surface area contributed by atoms with Gasteiger partial charge in [0.2, 0.25) is 0 Å². The maximum Gasteiger partial charge on any atom is 0.300 e. The van der Waals surface area contributed by atoms with Crippen molar-refractivity contribution < 1.29 is 13.9 Å². The van der Waals surface area contributed by atoms with Gasteiger partial charge in [-0.15, -0.1) is 0 Å². The Morgan fingerprint density at radius 2 is 2.08 bits per heavy atom. The minimum absolute atomic E-state index is 0.282. The first-order valence-corrected chi connectivity index (χ1v) is 3.78. The van der Waals surface area contributed by atoms with Gasteiger partial charge >= 0.3 is 5.92 Å². The van der Waals surface area contributed by atoms with Crippen LogP contribution in [0.15, 0.2) is 18.3 Å². The minimum Gasteiger partial charge on any atom is -0.384 e. The van der Waals surface area contributed by atoms with Crippen LogP contribution in [-0.4, -0.2) is 15.7 Å². The largest absolute Gasteiger partial charge is 0.384 e. The molecule has 0 aliphatic rings. The van der Waals surface area contributed by atoms with Gasteiger partial charge < -0.3 is 5.11 Å². The predicted octanol–water partition coefficient (Wildman–Crippen LogP) is 1.74. The van der Waals surface area contributed by atoms with Crippen molar-refractivity contribution >= 4 is 0 Å². The number of nitrogens with zero attached hydrogens (tertiary/aromatic N) is 1. The molecule has 0 unspecified atom stereocenters. The van der Waals surface area contributed by atoms with E-state index in [2.05, 4.69) is 11.2 Å². The number of rotatable bonds is 2. The molecule has 0 atom stereocenters. The second-order valence-electron chi connectivity index (χ2n) is 3.31. The highest BCUT2D eigenvalue weighted by molar-refractivity contribution is 5.19. The van der Waals surface area contributed by atoms with Crippen LogP contribution >= 0.6 is 0 Å². The lowest BCUT2D eigenvalue weighted by atomic mass is 9.94. The second-order valence-corrected chi connectivity index (χ2v) is 3.31. The third-order valence-electron chi connectivity index (χ3n) is 1.75. The first kappa shape index (κ1) is 10.1. The van der Waals surface area contributed by atoms with Crippen LogP contribution < -0.4 is 0 Å². The Labute approximate surface area is 75.2 Å². The highest BCUT2D eigenvalue weighted by Gasteiger charge is 2.46. The Morgan fingerprint density at radius 3 is 2.46 bits per heavy atom. The molecule has 13 heavy (non-hydrogen) atoms. The first-order valence-electron chi connectivity index (χ1n) is 3.78. The van der Waals surface area contributed by atoms with Crippen molar-refractivity contribution in [1.29, 1.82) is 0 Å². The molecular weight excluding hydrogens is 176 g/mol. The summed E-state index contributed by atoms with van der Waals surface area (Å²) >= 11 is 0. The Bertz CT molecular complexity index is 279. The summed E-state index contributed by atoms with van der Waals surface area (Å²) < 4.78 is 26.7. The zero-order chi connectivity index (χ0) is 10.1. The van der Waals surface area contributed by atoms with E-state index in [1.54, 1.807) is 0 Å². The van der Waals surface area contributed by atoms with E-state index in [9.17, 15) is 13.9 Å². The number of aliphatic hydroxyl groups is 1. The number of halogens is 2. The van der Waals surface area contributed by atoms with Crippen LogP contribution in [0.4, 0.5) is 8.78 Å². The van der Waals surface area contributed by atoms with Crippen LogP contribution in [-0.2, 0) is 5.92 Å². The van der Waals surface area contributed by atoms with Gasteiger partial charge in [-0.25, -0.2) is 0 Å². The number of aromatic nitrogens is 1. The molecule has 0 amide bonds. The molecule has 1 aromatic rings. The molecule has 1 heterocycles.